The Morgan fingerprint density at radius 3 is 2.74 bits per heavy atom. The molecular formula is C14H20ClNO2S. The number of carbonyl (C=O) groups is 1. The van der Waals surface area contributed by atoms with Gasteiger partial charge >= 0.3 is 0 Å². The molecule has 1 aromatic carbocycles. The molecule has 0 saturated carbocycles. The number of halogens is 1. The molecule has 0 bridgehead atoms. The summed E-state index contributed by atoms with van der Waals surface area (Å²) in [5.74, 6) is 0.843. The third-order valence-electron chi connectivity index (χ3n) is 3.02. The zero-order chi connectivity index (χ0) is 14.3. The van der Waals surface area contributed by atoms with Crippen LogP contribution in [0, 0.1) is 0 Å². The molecule has 0 fully saturated rings. The van der Waals surface area contributed by atoms with Crippen molar-refractivity contribution < 1.29 is 9.53 Å². The minimum Gasteiger partial charge on any atom is -0.496 e. The van der Waals surface area contributed by atoms with E-state index in [0.717, 1.165) is 38.0 Å². The van der Waals surface area contributed by atoms with Gasteiger partial charge in [0.2, 0.25) is 0 Å². The summed E-state index contributed by atoms with van der Waals surface area (Å²) < 4.78 is 5.31. The van der Waals surface area contributed by atoms with Gasteiger partial charge in [-0.15, -0.1) is 0 Å². The molecule has 0 aliphatic rings. The van der Waals surface area contributed by atoms with Gasteiger partial charge in [-0.25, -0.2) is 0 Å². The van der Waals surface area contributed by atoms with Crippen LogP contribution in [0.2, 0.25) is 5.02 Å². The molecule has 0 radical (unpaired) electrons. The number of hydrogen-bond acceptors (Lipinski definition) is 2. The normalized spacial score (nSPS) is 10.3. The zero-order valence-electron chi connectivity index (χ0n) is 11.4. The van der Waals surface area contributed by atoms with Crippen molar-refractivity contribution in [1.29, 1.82) is 0 Å². The first-order chi connectivity index (χ1) is 9.04. The summed E-state index contributed by atoms with van der Waals surface area (Å²) in [5.41, 5.74) is 1.17. The standard InChI is InChI=1S/C14H20ClNO2S/c1-16(14(17)19)9-5-3-4-6-11-7-8-12(15)10-13(11)18-2/h7-8,10H,3-6,9H2,1-2H3,(H,17,19). The number of aryl methyl sites for hydroxylation is 1. The molecular weight excluding hydrogens is 282 g/mol. The van der Waals surface area contributed by atoms with Crippen molar-refractivity contribution in [2.75, 3.05) is 20.7 Å². The van der Waals surface area contributed by atoms with Crippen LogP contribution in [0.25, 0.3) is 0 Å². The molecule has 0 saturated heterocycles. The van der Waals surface area contributed by atoms with Crippen molar-refractivity contribution >= 4 is 29.5 Å². The fourth-order valence-electron chi connectivity index (χ4n) is 1.86. The van der Waals surface area contributed by atoms with Crippen molar-refractivity contribution in [3.8, 4) is 5.75 Å². The minimum absolute atomic E-state index is 0.181. The molecule has 106 valence electrons. The largest absolute Gasteiger partial charge is 0.496 e. The minimum atomic E-state index is -0.181. The average Bonchev–Trinajstić information content (AvgIpc) is 2.39. The van der Waals surface area contributed by atoms with Crippen molar-refractivity contribution in [2.24, 2.45) is 0 Å². The monoisotopic (exact) mass is 301 g/mol. The summed E-state index contributed by atoms with van der Waals surface area (Å²) in [7, 11) is 3.42. The van der Waals surface area contributed by atoms with Crippen LogP contribution in [0.4, 0.5) is 4.79 Å². The van der Waals surface area contributed by atoms with Gasteiger partial charge in [0.1, 0.15) is 5.75 Å². The molecule has 1 aromatic rings. The van der Waals surface area contributed by atoms with Crippen LogP contribution in [-0.2, 0) is 6.42 Å². The van der Waals surface area contributed by atoms with E-state index in [1.54, 1.807) is 19.1 Å². The number of rotatable bonds is 7. The first-order valence-electron chi connectivity index (χ1n) is 6.31. The average molecular weight is 302 g/mol. The van der Waals surface area contributed by atoms with Gasteiger partial charge in [-0.1, -0.05) is 36.7 Å². The molecule has 1 amide bonds. The lowest BCUT2D eigenvalue weighted by Gasteiger charge is -2.13. The van der Waals surface area contributed by atoms with Crippen LogP contribution in [0.15, 0.2) is 18.2 Å². The Hall–Kier alpha value is -0.870. The zero-order valence-corrected chi connectivity index (χ0v) is 13.0. The van der Waals surface area contributed by atoms with Gasteiger partial charge in [0.15, 0.2) is 0 Å². The van der Waals surface area contributed by atoms with Gasteiger partial charge < -0.3 is 9.64 Å². The van der Waals surface area contributed by atoms with Gasteiger partial charge in [-0.2, -0.15) is 0 Å². The first kappa shape index (κ1) is 16.2. The number of hydrogen-bond donors (Lipinski definition) is 1. The van der Waals surface area contributed by atoms with Crippen LogP contribution >= 0.6 is 24.2 Å². The second kappa shape index (κ2) is 8.33. The highest BCUT2D eigenvalue weighted by Gasteiger charge is 2.05. The number of benzene rings is 1. The van der Waals surface area contributed by atoms with Crippen LogP contribution in [-0.4, -0.2) is 30.8 Å². The van der Waals surface area contributed by atoms with Gasteiger partial charge in [-0.3, -0.25) is 4.79 Å². The van der Waals surface area contributed by atoms with Crippen molar-refractivity contribution in [3.05, 3.63) is 28.8 Å². The van der Waals surface area contributed by atoms with Crippen LogP contribution in [0.3, 0.4) is 0 Å². The van der Waals surface area contributed by atoms with E-state index >= 15 is 0 Å². The summed E-state index contributed by atoms with van der Waals surface area (Å²) in [6.07, 6.45) is 4.07. The van der Waals surface area contributed by atoms with Crippen molar-refractivity contribution in [1.82, 2.24) is 4.90 Å². The number of methoxy groups -OCH3 is 1. The Balaban J connectivity index is 2.31. The Morgan fingerprint density at radius 2 is 2.11 bits per heavy atom. The number of amides is 1. The van der Waals surface area contributed by atoms with E-state index in [4.69, 9.17) is 16.3 Å². The van der Waals surface area contributed by atoms with Crippen molar-refractivity contribution in [3.63, 3.8) is 0 Å². The van der Waals surface area contributed by atoms with Gasteiger partial charge in [-0.05, 0) is 37.0 Å². The van der Waals surface area contributed by atoms with E-state index in [1.165, 1.54) is 5.56 Å². The quantitative estimate of drug-likeness (QED) is 0.608. The molecule has 0 unspecified atom stereocenters. The molecule has 0 aromatic heterocycles. The fraction of sp³-hybridized carbons (Fsp3) is 0.500. The highest BCUT2D eigenvalue weighted by atomic mass is 35.5. The number of ether oxygens (including phenoxy) is 1. The predicted octanol–water partition coefficient (Wildman–Crippen LogP) is 4.04. The Kier molecular flexibility index (Phi) is 7.10. The maximum atomic E-state index is 10.9. The summed E-state index contributed by atoms with van der Waals surface area (Å²) in [4.78, 5) is 12.5. The predicted molar refractivity (Wildman–Crippen MR) is 82.6 cm³/mol. The second-order valence-corrected chi connectivity index (χ2v) is 5.29. The van der Waals surface area contributed by atoms with E-state index in [-0.39, 0.29) is 5.24 Å². The van der Waals surface area contributed by atoms with Gasteiger partial charge in [0, 0.05) is 18.6 Å². The molecule has 0 heterocycles. The van der Waals surface area contributed by atoms with Crippen LogP contribution < -0.4 is 4.74 Å². The number of unbranched alkanes of at least 4 members (excludes halogenated alkanes) is 2. The SMILES string of the molecule is COc1cc(Cl)ccc1CCCCCN(C)C(=O)S. The van der Waals surface area contributed by atoms with Crippen molar-refractivity contribution in [2.45, 2.75) is 25.7 Å². The number of thiol groups is 1. The van der Waals surface area contributed by atoms with E-state index in [0.29, 0.717) is 5.02 Å². The highest BCUT2D eigenvalue weighted by Crippen LogP contribution is 2.24. The third kappa shape index (κ3) is 5.74. The second-order valence-electron chi connectivity index (χ2n) is 4.47. The molecule has 0 N–H and O–H groups in total. The van der Waals surface area contributed by atoms with E-state index in [2.05, 4.69) is 12.6 Å². The maximum absolute atomic E-state index is 10.9. The summed E-state index contributed by atoms with van der Waals surface area (Å²) in [6.45, 7) is 0.750. The lowest BCUT2D eigenvalue weighted by Crippen LogP contribution is -2.21. The fourth-order valence-corrected chi connectivity index (χ4v) is 2.12. The number of carbonyl (C=O) groups excluding carboxylic acids is 1. The van der Waals surface area contributed by atoms with E-state index in [1.807, 2.05) is 18.2 Å². The molecule has 0 spiro atoms. The highest BCUT2D eigenvalue weighted by molar-refractivity contribution is 7.96. The molecule has 1 rings (SSSR count). The summed E-state index contributed by atoms with van der Waals surface area (Å²) in [6, 6.07) is 5.72. The number of nitrogens with zero attached hydrogens (tertiary/aromatic N) is 1. The molecule has 0 atom stereocenters. The van der Waals surface area contributed by atoms with Gasteiger partial charge in [0.05, 0.1) is 7.11 Å². The van der Waals surface area contributed by atoms with E-state index in [9.17, 15) is 4.79 Å². The summed E-state index contributed by atoms with van der Waals surface area (Å²) >= 11 is 9.69. The lowest BCUT2D eigenvalue weighted by molar-refractivity contribution is 0.233. The first-order valence-corrected chi connectivity index (χ1v) is 7.13. The summed E-state index contributed by atoms with van der Waals surface area (Å²) in [5, 5.41) is 0.508. The molecule has 0 aliphatic heterocycles. The Labute approximate surface area is 125 Å². The maximum Gasteiger partial charge on any atom is 0.278 e. The smallest absolute Gasteiger partial charge is 0.278 e. The molecule has 19 heavy (non-hydrogen) atoms. The van der Waals surface area contributed by atoms with Crippen LogP contribution in [0.1, 0.15) is 24.8 Å². The third-order valence-corrected chi connectivity index (χ3v) is 3.59. The van der Waals surface area contributed by atoms with Crippen LogP contribution in [0.5, 0.6) is 5.75 Å². The molecule has 0 aliphatic carbocycles. The Bertz CT molecular complexity index is 426. The molecule has 3 nitrogen and oxygen atoms in total. The molecule has 5 heteroatoms. The lowest BCUT2D eigenvalue weighted by atomic mass is 10.1. The van der Waals surface area contributed by atoms with Gasteiger partial charge in [0.25, 0.3) is 5.24 Å². The Morgan fingerprint density at radius 1 is 1.37 bits per heavy atom. The topological polar surface area (TPSA) is 29.5 Å². The van der Waals surface area contributed by atoms with E-state index < -0.39 is 0 Å².